The summed E-state index contributed by atoms with van der Waals surface area (Å²) in [5.74, 6) is 0.289. The number of carbonyl (C=O) groups excluding carboxylic acids is 2. The summed E-state index contributed by atoms with van der Waals surface area (Å²) in [6, 6.07) is 17.9. The number of carbonyl (C=O) groups is 2. The van der Waals surface area contributed by atoms with Crippen LogP contribution in [0.1, 0.15) is 38.3 Å². The normalized spacial score (nSPS) is 19.6. The van der Waals surface area contributed by atoms with Gasteiger partial charge in [0.25, 0.3) is 5.91 Å². The summed E-state index contributed by atoms with van der Waals surface area (Å²) in [5.41, 5.74) is 10.3. The molecule has 2 amide bonds. The van der Waals surface area contributed by atoms with Gasteiger partial charge < -0.3 is 15.5 Å². The Labute approximate surface area is 206 Å². The van der Waals surface area contributed by atoms with Crippen LogP contribution in [-0.4, -0.2) is 59.3 Å². The molecule has 2 N–H and O–H groups in total. The molecule has 2 aromatic carbocycles. The molecule has 0 bridgehead atoms. The molecule has 1 unspecified atom stereocenters. The van der Waals surface area contributed by atoms with E-state index in [1.165, 1.54) is 5.56 Å². The van der Waals surface area contributed by atoms with E-state index >= 15 is 0 Å². The van der Waals surface area contributed by atoms with Crippen LogP contribution in [0.2, 0.25) is 0 Å². The Morgan fingerprint density at radius 3 is 2.31 bits per heavy atom. The van der Waals surface area contributed by atoms with Gasteiger partial charge in [-0.05, 0) is 78.6 Å². The first-order chi connectivity index (χ1) is 17.0. The van der Waals surface area contributed by atoms with Crippen molar-refractivity contribution < 1.29 is 9.59 Å². The van der Waals surface area contributed by atoms with E-state index in [1.807, 2.05) is 36.1 Å². The zero-order valence-corrected chi connectivity index (χ0v) is 20.1. The third-order valence-electron chi connectivity index (χ3n) is 7.30. The Morgan fingerprint density at radius 1 is 0.971 bits per heavy atom. The Morgan fingerprint density at radius 2 is 1.66 bits per heavy atom. The molecule has 1 aromatic heterocycles. The lowest BCUT2D eigenvalue weighted by molar-refractivity contribution is 0.0768. The summed E-state index contributed by atoms with van der Waals surface area (Å²) >= 11 is 0. The predicted molar refractivity (Wildman–Crippen MR) is 137 cm³/mol. The minimum atomic E-state index is -0.576. The molecule has 0 saturated carbocycles. The number of aryl methyl sites for hydroxylation is 1. The molecule has 35 heavy (non-hydrogen) atoms. The van der Waals surface area contributed by atoms with Gasteiger partial charge in [0.05, 0.1) is 11.1 Å². The minimum absolute atomic E-state index is 0.0871. The molecule has 6 nitrogen and oxygen atoms in total. The number of primary amides is 1. The summed E-state index contributed by atoms with van der Waals surface area (Å²) in [6.45, 7) is 6.40. The number of nitrogens with two attached hydrogens (primary N) is 1. The van der Waals surface area contributed by atoms with Gasteiger partial charge in [0.1, 0.15) is 0 Å². The fraction of sp³-hybridized carbons (Fsp3) is 0.310. The van der Waals surface area contributed by atoms with Crippen molar-refractivity contribution in [3.8, 4) is 11.1 Å². The van der Waals surface area contributed by atoms with Crippen molar-refractivity contribution in [1.29, 1.82) is 0 Å². The number of aromatic nitrogens is 1. The lowest BCUT2D eigenvalue weighted by Gasteiger charge is -2.23. The van der Waals surface area contributed by atoms with E-state index in [4.69, 9.17) is 5.73 Å². The number of benzene rings is 2. The third-order valence-corrected chi connectivity index (χ3v) is 7.30. The second-order valence-corrected chi connectivity index (χ2v) is 9.71. The van der Waals surface area contributed by atoms with Crippen LogP contribution in [0.4, 0.5) is 0 Å². The number of likely N-dealkylation sites (tertiary alicyclic amines) is 2. The van der Waals surface area contributed by atoms with Crippen molar-refractivity contribution in [2.24, 2.45) is 17.6 Å². The third kappa shape index (κ3) is 4.98. The maximum absolute atomic E-state index is 13.6. The van der Waals surface area contributed by atoms with Crippen LogP contribution in [-0.2, 0) is 0 Å². The molecule has 2 fully saturated rings. The van der Waals surface area contributed by atoms with Gasteiger partial charge >= 0.3 is 0 Å². The summed E-state index contributed by atoms with van der Waals surface area (Å²) in [7, 11) is 0. The highest BCUT2D eigenvalue weighted by Gasteiger charge is 2.42. The molecule has 2 aliphatic rings. The largest absolute Gasteiger partial charge is 0.366 e. The van der Waals surface area contributed by atoms with Gasteiger partial charge in [-0.3, -0.25) is 14.6 Å². The molecule has 0 aliphatic carbocycles. The number of nitrogens with zero attached hydrogens (tertiary/aromatic N) is 3. The molecule has 2 saturated heterocycles. The van der Waals surface area contributed by atoms with Crippen molar-refractivity contribution in [2.75, 3.05) is 32.7 Å². The molecular formula is C29H31N4O2. The van der Waals surface area contributed by atoms with Crippen molar-refractivity contribution in [1.82, 2.24) is 14.8 Å². The molecule has 3 heterocycles. The Balaban J connectivity index is 1.24. The van der Waals surface area contributed by atoms with E-state index < -0.39 is 5.91 Å². The maximum atomic E-state index is 13.6. The highest BCUT2D eigenvalue weighted by Crippen LogP contribution is 2.34. The van der Waals surface area contributed by atoms with E-state index in [0.29, 0.717) is 17.4 Å². The van der Waals surface area contributed by atoms with E-state index in [0.717, 1.165) is 55.8 Å². The van der Waals surface area contributed by atoms with Gasteiger partial charge in [-0.2, -0.15) is 0 Å². The topological polar surface area (TPSA) is 79.5 Å². The predicted octanol–water partition coefficient (Wildman–Crippen LogP) is 3.80. The first-order valence-electron chi connectivity index (χ1n) is 12.2. The standard InChI is InChI=1S/C29H31N4O2/c1-20-14-23(22-9-11-31-12-10-22)15-26(28(30)34)27(20)29(35)33-18-24-16-32(17-25(24)19-33)13-5-8-21-6-3-2-4-7-21/h2-4,6-12,14-15,24-25H,5,13,16-19H2,1H3,(H2,30,34)/t24-,25?/m0/s1. The first kappa shape index (κ1) is 23.2. The van der Waals surface area contributed by atoms with E-state index in [-0.39, 0.29) is 11.5 Å². The number of hydrogen-bond acceptors (Lipinski definition) is 4. The second-order valence-electron chi connectivity index (χ2n) is 9.71. The number of hydrogen-bond donors (Lipinski definition) is 1. The van der Waals surface area contributed by atoms with Gasteiger partial charge in [0, 0.05) is 38.6 Å². The second kappa shape index (κ2) is 10.0. The van der Waals surface area contributed by atoms with Gasteiger partial charge in [-0.25, -0.2) is 0 Å². The smallest absolute Gasteiger partial charge is 0.254 e. The van der Waals surface area contributed by atoms with Crippen LogP contribution in [0.5, 0.6) is 0 Å². The average molecular weight is 468 g/mol. The van der Waals surface area contributed by atoms with Gasteiger partial charge in [-0.15, -0.1) is 0 Å². The van der Waals surface area contributed by atoms with Crippen molar-refractivity contribution in [3.05, 3.63) is 95.7 Å². The van der Waals surface area contributed by atoms with E-state index in [1.54, 1.807) is 18.5 Å². The molecule has 5 rings (SSSR count). The minimum Gasteiger partial charge on any atom is -0.366 e. The highest BCUT2D eigenvalue weighted by molar-refractivity contribution is 6.08. The van der Waals surface area contributed by atoms with E-state index in [9.17, 15) is 9.59 Å². The quantitative estimate of drug-likeness (QED) is 0.573. The molecule has 179 valence electrons. The lowest BCUT2D eigenvalue weighted by atomic mass is 9.94. The van der Waals surface area contributed by atoms with E-state index in [2.05, 4.69) is 40.6 Å². The van der Waals surface area contributed by atoms with Gasteiger partial charge in [0.15, 0.2) is 0 Å². The van der Waals surface area contributed by atoms with Crippen LogP contribution in [0.3, 0.4) is 0 Å². The van der Waals surface area contributed by atoms with Gasteiger partial charge in [-0.1, -0.05) is 36.4 Å². The number of amides is 2. The molecule has 1 radical (unpaired) electrons. The first-order valence-corrected chi connectivity index (χ1v) is 12.2. The lowest BCUT2D eigenvalue weighted by Crippen LogP contribution is -2.35. The summed E-state index contributed by atoms with van der Waals surface area (Å²) in [5, 5.41) is 0. The average Bonchev–Trinajstić information content (AvgIpc) is 3.43. The zero-order valence-electron chi connectivity index (χ0n) is 20.1. The SMILES string of the molecule is Cc1cc(-c2ccncc2)cc(C(N)=O)c1C(=O)N1CC2CN(CC[CH]c3ccccc3)C[C@H]2C1. The number of pyridine rings is 1. The van der Waals surface area contributed by atoms with Crippen molar-refractivity contribution >= 4 is 11.8 Å². The van der Waals surface area contributed by atoms with Crippen LogP contribution in [0.15, 0.2) is 67.0 Å². The summed E-state index contributed by atoms with van der Waals surface area (Å²) in [4.78, 5) is 34.4. The van der Waals surface area contributed by atoms with Crippen LogP contribution in [0.25, 0.3) is 11.1 Å². The monoisotopic (exact) mass is 467 g/mol. The zero-order chi connectivity index (χ0) is 24.4. The highest BCUT2D eigenvalue weighted by atomic mass is 16.2. The van der Waals surface area contributed by atoms with Crippen LogP contribution in [0, 0.1) is 25.2 Å². The number of fused-ring (bicyclic) bond motifs is 1. The molecule has 2 aliphatic heterocycles. The maximum Gasteiger partial charge on any atom is 0.254 e. The number of rotatable bonds is 7. The summed E-state index contributed by atoms with van der Waals surface area (Å²) in [6.07, 6.45) is 6.73. The van der Waals surface area contributed by atoms with Crippen LogP contribution >= 0.6 is 0 Å². The molecule has 2 atom stereocenters. The van der Waals surface area contributed by atoms with Crippen molar-refractivity contribution in [2.45, 2.75) is 13.3 Å². The van der Waals surface area contributed by atoms with Crippen molar-refractivity contribution in [3.63, 3.8) is 0 Å². The Bertz CT molecular complexity index is 1200. The van der Waals surface area contributed by atoms with Gasteiger partial charge in [0.2, 0.25) is 5.91 Å². The Hall–Kier alpha value is -3.51. The Kier molecular flexibility index (Phi) is 6.64. The summed E-state index contributed by atoms with van der Waals surface area (Å²) < 4.78 is 0. The molecule has 0 spiro atoms. The molecular weight excluding hydrogens is 436 g/mol. The fourth-order valence-electron chi connectivity index (χ4n) is 5.58. The molecule has 6 heteroatoms. The van der Waals surface area contributed by atoms with Crippen LogP contribution < -0.4 is 5.73 Å². The fourth-order valence-corrected chi connectivity index (χ4v) is 5.58. The molecule has 3 aromatic rings.